The molecule has 6 nitrogen and oxygen atoms in total. The number of rotatable bonds is 4. The Morgan fingerprint density at radius 1 is 1.38 bits per heavy atom. The minimum absolute atomic E-state index is 0.0687. The number of carboxylic acid groups (broad SMARTS) is 1. The van der Waals surface area contributed by atoms with Crippen LogP contribution in [-0.2, 0) is 4.79 Å². The molecule has 21 heavy (non-hydrogen) atoms. The molecule has 0 aliphatic carbocycles. The molecule has 0 radical (unpaired) electrons. The van der Waals surface area contributed by atoms with Crippen molar-refractivity contribution in [3.8, 4) is 0 Å². The lowest BCUT2D eigenvalue weighted by Crippen LogP contribution is -2.54. The second-order valence-electron chi connectivity index (χ2n) is 7.19. The van der Waals surface area contributed by atoms with Gasteiger partial charge in [-0.3, -0.25) is 4.79 Å². The summed E-state index contributed by atoms with van der Waals surface area (Å²) in [6, 6.07) is -0.0558. The summed E-state index contributed by atoms with van der Waals surface area (Å²) in [6.07, 6.45) is 1.77. The number of nitrogens with one attached hydrogen (secondary N) is 2. The fraction of sp³-hybridized carbons (Fsp3) is 0.867. The number of hydrogen-bond acceptors (Lipinski definition) is 3. The summed E-state index contributed by atoms with van der Waals surface area (Å²) < 4.78 is 0. The number of carboxylic acids is 1. The quantitative estimate of drug-likeness (QED) is 0.737. The van der Waals surface area contributed by atoms with Crippen LogP contribution in [0.25, 0.3) is 0 Å². The number of urea groups is 1. The molecular weight excluding hydrogens is 270 g/mol. The van der Waals surface area contributed by atoms with Crippen molar-refractivity contribution in [2.24, 2.45) is 5.41 Å². The first-order valence-corrected chi connectivity index (χ1v) is 7.58. The van der Waals surface area contributed by atoms with Crippen LogP contribution in [0.5, 0.6) is 0 Å². The lowest BCUT2D eigenvalue weighted by atomic mass is 9.85. The average Bonchev–Trinajstić information content (AvgIpc) is 2.31. The molecule has 0 bridgehead atoms. The fourth-order valence-corrected chi connectivity index (χ4v) is 2.55. The van der Waals surface area contributed by atoms with Gasteiger partial charge in [-0.2, -0.15) is 0 Å². The van der Waals surface area contributed by atoms with Crippen molar-refractivity contribution in [1.29, 1.82) is 0 Å². The zero-order valence-electron chi connectivity index (χ0n) is 13.8. The van der Waals surface area contributed by atoms with E-state index in [9.17, 15) is 9.59 Å². The van der Waals surface area contributed by atoms with Crippen LogP contribution < -0.4 is 10.6 Å². The summed E-state index contributed by atoms with van der Waals surface area (Å²) in [5.41, 5.74) is -0.296. The molecule has 0 aromatic carbocycles. The van der Waals surface area contributed by atoms with E-state index in [1.54, 1.807) is 0 Å². The SMILES string of the molecule is CC1CC(NC(=O)NC(CC(=O)O)C(C)(C)C)CCN1C. The maximum atomic E-state index is 12.1. The number of likely N-dealkylation sites (tertiary alicyclic amines) is 1. The second-order valence-corrected chi connectivity index (χ2v) is 7.19. The summed E-state index contributed by atoms with van der Waals surface area (Å²) in [7, 11) is 2.09. The lowest BCUT2D eigenvalue weighted by Gasteiger charge is -2.36. The molecule has 122 valence electrons. The molecule has 1 heterocycles. The van der Waals surface area contributed by atoms with Gasteiger partial charge in [0.15, 0.2) is 0 Å². The van der Waals surface area contributed by atoms with Crippen molar-refractivity contribution < 1.29 is 14.7 Å². The van der Waals surface area contributed by atoms with Gasteiger partial charge in [0.2, 0.25) is 0 Å². The number of nitrogens with zero attached hydrogens (tertiary/aromatic N) is 1. The molecule has 3 unspecified atom stereocenters. The van der Waals surface area contributed by atoms with Crippen LogP contribution in [0.3, 0.4) is 0 Å². The number of carbonyl (C=O) groups is 2. The zero-order valence-corrected chi connectivity index (χ0v) is 13.8. The summed E-state index contributed by atoms with van der Waals surface area (Å²) in [4.78, 5) is 25.3. The molecule has 0 saturated carbocycles. The normalized spacial score (nSPS) is 25.2. The number of aliphatic carboxylic acids is 1. The fourth-order valence-electron chi connectivity index (χ4n) is 2.55. The van der Waals surface area contributed by atoms with Crippen LogP contribution in [0.2, 0.25) is 0 Å². The van der Waals surface area contributed by atoms with Gasteiger partial charge in [0.05, 0.1) is 6.42 Å². The Morgan fingerprint density at radius 2 is 2.00 bits per heavy atom. The van der Waals surface area contributed by atoms with E-state index in [2.05, 4.69) is 29.5 Å². The monoisotopic (exact) mass is 299 g/mol. The lowest BCUT2D eigenvalue weighted by molar-refractivity contribution is -0.138. The van der Waals surface area contributed by atoms with Crippen molar-refractivity contribution in [1.82, 2.24) is 15.5 Å². The highest BCUT2D eigenvalue weighted by Crippen LogP contribution is 2.22. The highest BCUT2D eigenvalue weighted by atomic mass is 16.4. The Morgan fingerprint density at radius 3 is 2.48 bits per heavy atom. The van der Waals surface area contributed by atoms with E-state index in [1.165, 1.54) is 0 Å². The van der Waals surface area contributed by atoms with E-state index in [0.717, 1.165) is 19.4 Å². The minimum atomic E-state index is -0.900. The third-order valence-corrected chi connectivity index (χ3v) is 4.27. The molecule has 1 saturated heterocycles. The van der Waals surface area contributed by atoms with E-state index >= 15 is 0 Å². The molecule has 1 aliphatic heterocycles. The first-order chi connectivity index (χ1) is 9.59. The topological polar surface area (TPSA) is 81.7 Å². The molecule has 0 spiro atoms. The molecule has 1 fully saturated rings. The van der Waals surface area contributed by atoms with Gasteiger partial charge in [-0.15, -0.1) is 0 Å². The Labute approximate surface area is 127 Å². The summed E-state index contributed by atoms with van der Waals surface area (Å²) in [5, 5.41) is 14.8. The van der Waals surface area contributed by atoms with Gasteiger partial charge in [0.25, 0.3) is 0 Å². The first-order valence-electron chi connectivity index (χ1n) is 7.58. The second kappa shape index (κ2) is 7.11. The zero-order chi connectivity index (χ0) is 16.2. The molecule has 1 aliphatic rings. The Hall–Kier alpha value is -1.30. The summed E-state index contributed by atoms with van der Waals surface area (Å²) in [5.74, 6) is -0.900. The molecule has 0 aromatic heterocycles. The largest absolute Gasteiger partial charge is 0.481 e. The highest BCUT2D eigenvalue weighted by Gasteiger charge is 2.30. The van der Waals surface area contributed by atoms with Crippen LogP contribution in [0, 0.1) is 5.41 Å². The van der Waals surface area contributed by atoms with Gasteiger partial charge in [-0.05, 0) is 32.2 Å². The van der Waals surface area contributed by atoms with Crippen molar-refractivity contribution >= 4 is 12.0 Å². The highest BCUT2D eigenvalue weighted by molar-refractivity contribution is 5.76. The maximum absolute atomic E-state index is 12.1. The number of carbonyl (C=O) groups excluding carboxylic acids is 1. The predicted molar refractivity (Wildman–Crippen MR) is 82.3 cm³/mol. The van der Waals surface area contributed by atoms with Gasteiger partial charge in [0.1, 0.15) is 0 Å². The molecule has 1 rings (SSSR count). The molecule has 3 atom stereocenters. The Balaban J connectivity index is 2.52. The summed E-state index contributed by atoms with van der Waals surface area (Å²) >= 11 is 0. The molecule has 0 aromatic rings. The van der Waals surface area contributed by atoms with Crippen molar-refractivity contribution in [2.75, 3.05) is 13.6 Å². The third-order valence-electron chi connectivity index (χ3n) is 4.27. The van der Waals surface area contributed by atoms with Gasteiger partial charge in [-0.1, -0.05) is 20.8 Å². The van der Waals surface area contributed by atoms with Crippen LogP contribution in [0.15, 0.2) is 0 Å². The van der Waals surface area contributed by atoms with E-state index in [-0.39, 0.29) is 23.9 Å². The van der Waals surface area contributed by atoms with E-state index in [1.807, 2.05) is 20.8 Å². The Kier molecular flexibility index (Phi) is 6.01. The van der Waals surface area contributed by atoms with Gasteiger partial charge >= 0.3 is 12.0 Å². The van der Waals surface area contributed by atoms with Crippen molar-refractivity contribution in [2.45, 2.75) is 65.1 Å². The van der Waals surface area contributed by atoms with E-state index < -0.39 is 12.0 Å². The van der Waals surface area contributed by atoms with Crippen LogP contribution >= 0.6 is 0 Å². The maximum Gasteiger partial charge on any atom is 0.315 e. The molecule has 2 amide bonds. The number of hydrogen-bond donors (Lipinski definition) is 3. The average molecular weight is 299 g/mol. The van der Waals surface area contributed by atoms with Crippen molar-refractivity contribution in [3.63, 3.8) is 0 Å². The molecule has 3 N–H and O–H groups in total. The smallest absolute Gasteiger partial charge is 0.315 e. The predicted octanol–water partition coefficient (Wildman–Crippen LogP) is 1.66. The standard InChI is InChI=1S/C15H29N3O3/c1-10-8-11(6-7-18(10)5)16-14(21)17-12(9-13(19)20)15(2,3)4/h10-12H,6-9H2,1-5H3,(H,19,20)(H2,16,17,21). The Bertz CT molecular complexity index is 379. The van der Waals surface area contributed by atoms with E-state index in [4.69, 9.17) is 5.11 Å². The van der Waals surface area contributed by atoms with Gasteiger partial charge in [0, 0.05) is 24.7 Å². The number of piperidine rings is 1. The molecule has 6 heteroatoms. The third kappa shape index (κ3) is 5.91. The first kappa shape index (κ1) is 17.8. The van der Waals surface area contributed by atoms with Crippen LogP contribution in [0.4, 0.5) is 4.79 Å². The van der Waals surface area contributed by atoms with Crippen LogP contribution in [-0.4, -0.2) is 53.7 Å². The van der Waals surface area contributed by atoms with Gasteiger partial charge in [-0.25, -0.2) is 4.79 Å². The van der Waals surface area contributed by atoms with Crippen LogP contribution in [0.1, 0.15) is 47.0 Å². The minimum Gasteiger partial charge on any atom is -0.481 e. The van der Waals surface area contributed by atoms with Gasteiger partial charge < -0.3 is 20.6 Å². The molecular formula is C15H29N3O3. The number of amides is 2. The van der Waals surface area contributed by atoms with E-state index in [0.29, 0.717) is 6.04 Å². The van der Waals surface area contributed by atoms with Crippen molar-refractivity contribution in [3.05, 3.63) is 0 Å². The summed E-state index contributed by atoms with van der Waals surface area (Å²) in [6.45, 7) is 8.90.